The maximum atomic E-state index is 13.6. The van der Waals surface area contributed by atoms with Crippen molar-refractivity contribution >= 4 is 33.7 Å². The molecule has 1 saturated heterocycles. The second-order valence-corrected chi connectivity index (χ2v) is 6.17. The van der Waals surface area contributed by atoms with E-state index in [4.69, 9.17) is 0 Å². The number of hydrazine groups is 1. The number of halogens is 2. The summed E-state index contributed by atoms with van der Waals surface area (Å²) >= 11 is 3.15. The van der Waals surface area contributed by atoms with Gasteiger partial charge < -0.3 is 4.90 Å². The summed E-state index contributed by atoms with van der Waals surface area (Å²) in [6.07, 6.45) is 3.08. The van der Waals surface area contributed by atoms with E-state index in [0.717, 1.165) is 25.3 Å². The van der Waals surface area contributed by atoms with Gasteiger partial charge >= 0.3 is 0 Å². The van der Waals surface area contributed by atoms with Crippen LogP contribution in [0, 0.1) is 5.82 Å². The van der Waals surface area contributed by atoms with E-state index in [0.29, 0.717) is 17.4 Å². The summed E-state index contributed by atoms with van der Waals surface area (Å²) in [7, 11) is 0. The molecule has 1 fully saturated rings. The molecule has 2 rings (SSSR count). The molecule has 0 radical (unpaired) electrons. The molecule has 1 aromatic carbocycles. The number of nitrogens with zero attached hydrogens (tertiary/aromatic N) is 1. The Hall–Kier alpha value is -1.96. The fourth-order valence-electron chi connectivity index (χ4n) is 2.28. The van der Waals surface area contributed by atoms with E-state index in [1.165, 1.54) is 17.0 Å². The smallest absolute Gasteiger partial charge is 0.272 e. The second kappa shape index (κ2) is 8.05. The Morgan fingerprint density at radius 2 is 2.00 bits per heavy atom. The predicted octanol–water partition coefficient (Wildman–Crippen LogP) is 1.75. The van der Waals surface area contributed by atoms with E-state index in [2.05, 4.69) is 26.8 Å². The highest BCUT2D eigenvalue weighted by atomic mass is 79.9. The molecule has 0 bridgehead atoms. The van der Waals surface area contributed by atoms with E-state index in [1.54, 1.807) is 0 Å². The lowest BCUT2D eigenvalue weighted by molar-refractivity contribution is -0.135. The monoisotopic (exact) mass is 385 g/mol. The molecule has 8 heteroatoms. The molecule has 0 saturated carbocycles. The molecule has 0 aromatic heterocycles. The van der Waals surface area contributed by atoms with E-state index in [1.807, 2.05) is 0 Å². The Labute approximate surface area is 141 Å². The van der Waals surface area contributed by atoms with Crippen LogP contribution in [0.15, 0.2) is 22.7 Å². The molecule has 0 aliphatic carbocycles. The predicted molar refractivity (Wildman–Crippen MR) is 84.8 cm³/mol. The van der Waals surface area contributed by atoms with Crippen LogP contribution in [-0.2, 0) is 9.59 Å². The van der Waals surface area contributed by atoms with Crippen molar-refractivity contribution in [3.05, 3.63) is 34.1 Å². The molecule has 23 heavy (non-hydrogen) atoms. The van der Waals surface area contributed by atoms with Gasteiger partial charge in [0.25, 0.3) is 11.8 Å². The summed E-state index contributed by atoms with van der Waals surface area (Å²) < 4.78 is 14.1. The lowest BCUT2D eigenvalue weighted by Gasteiger charge is -2.19. The maximum absolute atomic E-state index is 13.6. The van der Waals surface area contributed by atoms with Crippen LogP contribution in [0.25, 0.3) is 0 Å². The van der Waals surface area contributed by atoms with Crippen molar-refractivity contribution < 1.29 is 18.8 Å². The summed E-state index contributed by atoms with van der Waals surface area (Å²) in [5.74, 6) is -2.05. The molecule has 0 unspecified atom stereocenters. The number of carbonyl (C=O) groups excluding carboxylic acids is 3. The highest BCUT2D eigenvalue weighted by Gasteiger charge is 2.20. The molecular weight excluding hydrogens is 369 g/mol. The Morgan fingerprint density at radius 3 is 2.78 bits per heavy atom. The average molecular weight is 386 g/mol. The third kappa shape index (κ3) is 5.02. The van der Waals surface area contributed by atoms with Crippen LogP contribution in [0.1, 0.15) is 36.0 Å². The van der Waals surface area contributed by atoms with Crippen molar-refractivity contribution in [2.75, 3.05) is 13.1 Å². The van der Waals surface area contributed by atoms with Gasteiger partial charge in [0.1, 0.15) is 12.4 Å². The minimum atomic E-state index is -0.764. The molecule has 3 amide bonds. The van der Waals surface area contributed by atoms with Crippen molar-refractivity contribution in [1.29, 1.82) is 0 Å². The highest BCUT2D eigenvalue weighted by Crippen LogP contribution is 2.15. The number of carbonyl (C=O) groups is 3. The second-order valence-electron chi connectivity index (χ2n) is 5.25. The van der Waals surface area contributed by atoms with Crippen LogP contribution < -0.4 is 10.9 Å². The lowest BCUT2D eigenvalue weighted by Crippen LogP contribution is -2.47. The zero-order valence-electron chi connectivity index (χ0n) is 12.4. The van der Waals surface area contributed by atoms with Crippen molar-refractivity contribution in [2.45, 2.75) is 25.7 Å². The summed E-state index contributed by atoms with van der Waals surface area (Å²) in [4.78, 5) is 37.0. The largest absolute Gasteiger partial charge is 0.333 e. The molecule has 124 valence electrons. The van der Waals surface area contributed by atoms with Gasteiger partial charge in [0.2, 0.25) is 5.91 Å². The van der Waals surface area contributed by atoms with Gasteiger partial charge in [-0.2, -0.15) is 0 Å². The Balaban J connectivity index is 1.87. The number of rotatable bonds is 3. The van der Waals surface area contributed by atoms with Gasteiger partial charge in [-0.3, -0.25) is 25.2 Å². The molecule has 6 nitrogen and oxygen atoms in total. The van der Waals surface area contributed by atoms with Gasteiger partial charge in [-0.05, 0) is 31.0 Å². The number of amides is 3. The van der Waals surface area contributed by atoms with Gasteiger partial charge in [-0.15, -0.1) is 0 Å². The van der Waals surface area contributed by atoms with Gasteiger partial charge in [0.05, 0.1) is 5.56 Å². The Kier molecular flexibility index (Phi) is 6.09. The normalized spacial score (nSPS) is 15.0. The molecular formula is C15H17BrFN3O3. The first-order valence-corrected chi connectivity index (χ1v) is 8.08. The molecule has 0 spiro atoms. The quantitative estimate of drug-likeness (QED) is 0.778. The topological polar surface area (TPSA) is 78.5 Å². The van der Waals surface area contributed by atoms with E-state index >= 15 is 0 Å². The number of hydrogen-bond donors (Lipinski definition) is 2. The zero-order chi connectivity index (χ0) is 16.8. The van der Waals surface area contributed by atoms with Gasteiger partial charge in [-0.1, -0.05) is 22.4 Å². The van der Waals surface area contributed by atoms with Crippen LogP contribution >= 0.6 is 15.9 Å². The SMILES string of the molecule is O=C(CN1CCCCCC1=O)NNC(=O)c1cc(Br)ccc1F. The highest BCUT2D eigenvalue weighted by molar-refractivity contribution is 9.10. The Bertz CT molecular complexity index is 624. The fraction of sp³-hybridized carbons (Fsp3) is 0.400. The van der Waals surface area contributed by atoms with Crippen molar-refractivity contribution in [2.24, 2.45) is 0 Å². The summed E-state index contributed by atoms with van der Waals surface area (Å²) in [5.41, 5.74) is 4.16. The number of hydrogen-bond acceptors (Lipinski definition) is 3. The van der Waals surface area contributed by atoms with Crippen molar-refractivity contribution in [3.63, 3.8) is 0 Å². The van der Waals surface area contributed by atoms with Crippen LogP contribution in [0.2, 0.25) is 0 Å². The minimum absolute atomic E-state index is 0.0676. The van der Waals surface area contributed by atoms with Gasteiger partial charge in [0, 0.05) is 17.4 Å². The summed E-state index contributed by atoms with van der Waals surface area (Å²) in [6, 6.07) is 3.93. The number of benzene rings is 1. The molecule has 1 aromatic rings. The molecule has 1 heterocycles. The maximum Gasteiger partial charge on any atom is 0.272 e. The third-order valence-electron chi connectivity index (χ3n) is 3.49. The average Bonchev–Trinajstić information content (AvgIpc) is 2.72. The first kappa shape index (κ1) is 17.4. The molecule has 1 aliphatic rings. The number of likely N-dealkylation sites (tertiary alicyclic amines) is 1. The van der Waals surface area contributed by atoms with Gasteiger partial charge in [0.15, 0.2) is 0 Å². The molecule has 0 atom stereocenters. The number of nitrogens with one attached hydrogen (secondary N) is 2. The van der Waals surface area contributed by atoms with Crippen molar-refractivity contribution in [1.82, 2.24) is 15.8 Å². The first-order valence-electron chi connectivity index (χ1n) is 7.29. The lowest BCUT2D eigenvalue weighted by atomic mass is 10.2. The zero-order valence-corrected chi connectivity index (χ0v) is 14.0. The standard InChI is InChI=1S/C15H17BrFN3O3/c16-10-5-6-12(17)11(8-10)15(23)19-18-13(21)9-20-7-3-1-2-4-14(20)22/h5-6,8H,1-4,7,9H2,(H,18,21)(H,19,23). The van der Waals surface area contributed by atoms with Crippen LogP contribution in [0.5, 0.6) is 0 Å². The molecule has 1 aliphatic heterocycles. The third-order valence-corrected chi connectivity index (χ3v) is 3.99. The van der Waals surface area contributed by atoms with E-state index < -0.39 is 17.6 Å². The first-order chi connectivity index (χ1) is 11.0. The van der Waals surface area contributed by atoms with E-state index in [-0.39, 0.29) is 18.0 Å². The van der Waals surface area contributed by atoms with Crippen LogP contribution in [-0.4, -0.2) is 35.7 Å². The Morgan fingerprint density at radius 1 is 1.22 bits per heavy atom. The summed E-state index contributed by atoms with van der Waals surface area (Å²) in [5, 5.41) is 0. The summed E-state index contributed by atoms with van der Waals surface area (Å²) in [6.45, 7) is 0.403. The van der Waals surface area contributed by atoms with Gasteiger partial charge in [-0.25, -0.2) is 4.39 Å². The van der Waals surface area contributed by atoms with Crippen LogP contribution in [0.4, 0.5) is 4.39 Å². The molecule has 2 N–H and O–H groups in total. The fourth-order valence-corrected chi connectivity index (χ4v) is 2.64. The van der Waals surface area contributed by atoms with Crippen molar-refractivity contribution in [3.8, 4) is 0 Å². The minimum Gasteiger partial charge on any atom is -0.333 e. The van der Waals surface area contributed by atoms with Crippen LogP contribution in [0.3, 0.4) is 0 Å². The van der Waals surface area contributed by atoms with E-state index in [9.17, 15) is 18.8 Å².